The van der Waals surface area contributed by atoms with Gasteiger partial charge in [0, 0.05) is 0 Å². The molecule has 1 fully saturated rings. The van der Waals surface area contributed by atoms with Crippen LogP contribution < -0.4 is 4.90 Å². The van der Waals surface area contributed by atoms with Gasteiger partial charge >= 0.3 is 5.97 Å². The summed E-state index contributed by atoms with van der Waals surface area (Å²) in [4.78, 5) is 25.2. The molecule has 5 nitrogen and oxygen atoms in total. The third kappa shape index (κ3) is 3.40. The van der Waals surface area contributed by atoms with E-state index in [0.717, 1.165) is 11.8 Å². The summed E-state index contributed by atoms with van der Waals surface area (Å²) in [5.41, 5.74) is 0.415. The summed E-state index contributed by atoms with van der Waals surface area (Å²) in [7, 11) is 0. The lowest BCUT2D eigenvalue weighted by Crippen LogP contribution is -2.27. The Balaban J connectivity index is 1.97. The number of amides is 1. The number of halogens is 1. The van der Waals surface area contributed by atoms with Gasteiger partial charge in [-0.3, -0.25) is 9.69 Å². The molecule has 1 aliphatic rings. The number of carboxylic acids is 1. The lowest BCUT2D eigenvalue weighted by atomic mass is 10.1. The highest BCUT2D eigenvalue weighted by molar-refractivity contribution is 8.27. The van der Waals surface area contributed by atoms with Crippen LogP contribution in [-0.2, 0) is 4.79 Å². The molecule has 0 aliphatic carbocycles. The number of anilines is 1. The molecule has 2 aromatic carbocycles. The Morgan fingerprint density at radius 3 is 2.68 bits per heavy atom. The number of aromatic hydroxyl groups is 1. The highest BCUT2D eigenvalue weighted by Gasteiger charge is 2.34. The maximum atomic E-state index is 13.3. The van der Waals surface area contributed by atoms with Crippen molar-refractivity contribution in [2.45, 2.75) is 0 Å². The van der Waals surface area contributed by atoms with E-state index in [-0.39, 0.29) is 15.6 Å². The first-order valence-corrected chi connectivity index (χ1v) is 8.19. The standard InChI is InChI=1S/C17H10FNO4S2/c18-10-3-1-2-9(6-10)7-14-15(21)19(17(24)25-14)11-4-5-13(20)12(8-11)16(22)23/h1-8,20H,(H,22,23)/b14-7-. The molecule has 1 heterocycles. The van der Waals surface area contributed by atoms with Gasteiger partial charge in [-0.05, 0) is 42.0 Å². The highest BCUT2D eigenvalue weighted by atomic mass is 32.2. The van der Waals surface area contributed by atoms with Gasteiger partial charge in [0.05, 0.1) is 10.6 Å². The summed E-state index contributed by atoms with van der Waals surface area (Å²) in [6.07, 6.45) is 1.51. The Labute approximate surface area is 151 Å². The molecule has 0 aromatic heterocycles. The molecule has 2 N–H and O–H groups in total. The second-order valence-corrected chi connectivity index (χ2v) is 6.75. The molecule has 0 saturated carbocycles. The number of carbonyl (C=O) groups excluding carboxylic acids is 1. The monoisotopic (exact) mass is 375 g/mol. The Morgan fingerprint density at radius 1 is 1.24 bits per heavy atom. The number of carbonyl (C=O) groups is 2. The fourth-order valence-corrected chi connectivity index (χ4v) is 3.57. The molecule has 1 amide bonds. The first kappa shape index (κ1) is 17.1. The summed E-state index contributed by atoms with van der Waals surface area (Å²) in [5, 5.41) is 18.7. The number of thioether (sulfide) groups is 1. The van der Waals surface area contributed by atoms with Crippen LogP contribution in [-0.4, -0.2) is 26.4 Å². The van der Waals surface area contributed by atoms with Gasteiger partial charge in [0.15, 0.2) is 4.32 Å². The first-order valence-electron chi connectivity index (χ1n) is 6.96. The van der Waals surface area contributed by atoms with Crippen molar-refractivity contribution in [2.75, 3.05) is 4.90 Å². The van der Waals surface area contributed by atoms with Gasteiger partial charge < -0.3 is 10.2 Å². The average molecular weight is 375 g/mol. The molecule has 0 unspecified atom stereocenters. The molecule has 8 heteroatoms. The van der Waals surface area contributed by atoms with Gasteiger partial charge in [0.2, 0.25) is 0 Å². The number of aromatic carboxylic acids is 1. The molecule has 0 radical (unpaired) electrons. The average Bonchev–Trinajstić information content (AvgIpc) is 2.82. The Kier molecular flexibility index (Phi) is 4.56. The second kappa shape index (κ2) is 6.66. The molecule has 1 aliphatic heterocycles. The van der Waals surface area contributed by atoms with Crippen molar-refractivity contribution in [1.82, 2.24) is 0 Å². The maximum absolute atomic E-state index is 13.3. The van der Waals surface area contributed by atoms with Crippen LogP contribution in [0.4, 0.5) is 10.1 Å². The molecule has 0 bridgehead atoms. The van der Waals surface area contributed by atoms with Crippen molar-refractivity contribution in [2.24, 2.45) is 0 Å². The molecule has 0 spiro atoms. The summed E-state index contributed by atoms with van der Waals surface area (Å²) < 4.78 is 13.5. The largest absolute Gasteiger partial charge is 0.507 e. The molecule has 25 heavy (non-hydrogen) atoms. The van der Waals surface area contributed by atoms with Gasteiger partial charge in [-0.1, -0.05) is 36.1 Å². The van der Waals surface area contributed by atoms with Crippen molar-refractivity contribution in [3.05, 3.63) is 64.3 Å². The van der Waals surface area contributed by atoms with Crippen LogP contribution >= 0.6 is 24.0 Å². The normalized spacial score (nSPS) is 15.9. The zero-order valence-corrected chi connectivity index (χ0v) is 14.1. The molecule has 3 rings (SSSR count). The Bertz CT molecular complexity index is 942. The Morgan fingerprint density at radius 2 is 2.00 bits per heavy atom. The molecular formula is C17H10FNO4S2. The predicted octanol–water partition coefficient (Wildman–Crippen LogP) is 3.64. The summed E-state index contributed by atoms with van der Waals surface area (Å²) in [6.45, 7) is 0. The third-order valence-corrected chi connectivity index (χ3v) is 4.71. The van der Waals surface area contributed by atoms with Crippen LogP contribution in [0.25, 0.3) is 6.08 Å². The van der Waals surface area contributed by atoms with E-state index in [1.807, 2.05) is 0 Å². The minimum atomic E-state index is -1.32. The predicted molar refractivity (Wildman–Crippen MR) is 97.1 cm³/mol. The summed E-state index contributed by atoms with van der Waals surface area (Å²) in [6, 6.07) is 9.53. The fourth-order valence-electron chi connectivity index (χ4n) is 2.27. The van der Waals surface area contributed by atoms with E-state index in [2.05, 4.69) is 0 Å². The van der Waals surface area contributed by atoms with E-state index in [0.29, 0.717) is 10.5 Å². The zero-order chi connectivity index (χ0) is 18.1. The number of nitrogens with zero attached hydrogens (tertiary/aromatic N) is 1. The van der Waals surface area contributed by atoms with Gasteiger partial charge in [-0.15, -0.1) is 0 Å². The van der Waals surface area contributed by atoms with Crippen LogP contribution in [0.15, 0.2) is 47.4 Å². The third-order valence-electron chi connectivity index (χ3n) is 3.41. The van der Waals surface area contributed by atoms with E-state index < -0.39 is 23.4 Å². The van der Waals surface area contributed by atoms with Gasteiger partial charge in [0.1, 0.15) is 17.1 Å². The minimum Gasteiger partial charge on any atom is -0.507 e. The van der Waals surface area contributed by atoms with E-state index in [1.54, 1.807) is 6.07 Å². The van der Waals surface area contributed by atoms with E-state index >= 15 is 0 Å². The van der Waals surface area contributed by atoms with Crippen molar-refractivity contribution >= 4 is 51.9 Å². The number of hydrogen-bond acceptors (Lipinski definition) is 5. The molecule has 126 valence electrons. The molecular weight excluding hydrogens is 365 g/mol. The zero-order valence-electron chi connectivity index (χ0n) is 12.5. The quantitative estimate of drug-likeness (QED) is 0.630. The number of rotatable bonds is 3. The maximum Gasteiger partial charge on any atom is 0.339 e. The van der Waals surface area contributed by atoms with Crippen LogP contribution in [0.1, 0.15) is 15.9 Å². The lowest BCUT2D eigenvalue weighted by molar-refractivity contribution is -0.113. The second-order valence-electron chi connectivity index (χ2n) is 5.08. The van der Waals surface area contributed by atoms with Crippen molar-refractivity contribution in [3.63, 3.8) is 0 Å². The van der Waals surface area contributed by atoms with Crippen LogP contribution in [0.3, 0.4) is 0 Å². The number of benzene rings is 2. The van der Waals surface area contributed by atoms with Crippen LogP contribution in [0.5, 0.6) is 5.75 Å². The van der Waals surface area contributed by atoms with Gasteiger partial charge in [-0.25, -0.2) is 9.18 Å². The minimum absolute atomic E-state index is 0.217. The van der Waals surface area contributed by atoms with Gasteiger partial charge in [-0.2, -0.15) is 0 Å². The van der Waals surface area contributed by atoms with E-state index in [1.165, 1.54) is 47.4 Å². The van der Waals surface area contributed by atoms with E-state index in [9.17, 15) is 19.1 Å². The highest BCUT2D eigenvalue weighted by Crippen LogP contribution is 2.37. The molecule has 1 saturated heterocycles. The Hall–Kier alpha value is -2.71. The fraction of sp³-hybridized carbons (Fsp3) is 0. The smallest absolute Gasteiger partial charge is 0.339 e. The molecule has 0 atom stereocenters. The summed E-state index contributed by atoms with van der Waals surface area (Å²) in [5.74, 6) is -2.59. The van der Waals surface area contributed by atoms with Crippen molar-refractivity contribution in [1.29, 1.82) is 0 Å². The first-order chi connectivity index (χ1) is 11.9. The van der Waals surface area contributed by atoms with Crippen LogP contribution in [0, 0.1) is 5.82 Å². The number of hydrogen-bond donors (Lipinski definition) is 2. The lowest BCUT2D eigenvalue weighted by Gasteiger charge is -2.15. The number of phenols is 1. The summed E-state index contributed by atoms with van der Waals surface area (Å²) >= 11 is 6.24. The number of carboxylic acid groups (broad SMARTS) is 1. The van der Waals surface area contributed by atoms with E-state index in [4.69, 9.17) is 17.3 Å². The van der Waals surface area contributed by atoms with Crippen molar-refractivity contribution in [3.8, 4) is 5.75 Å². The molecule has 2 aromatic rings. The SMILES string of the molecule is O=C(O)c1cc(N2C(=O)/C(=C/c3cccc(F)c3)SC2=S)ccc1O. The van der Waals surface area contributed by atoms with Gasteiger partial charge in [0.25, 0.3) is 5.91 Å². The topological polar surface area (TPSA) is 77.8 Å². The van der Waals surface area contributed by atoms with Crippen molar-refractivity contribution < 1.29 is 24.2 Å². The number of thiocarbonyl (C=S) groups is 1. The van der Waals surface area contributed by atoms with Crippen LogP contribution in [0.2, 0.25) is 0 Å².